The van der Waals surface area contributed by atoms with Crippen LogP contribution in [0, 0.1) is 5.82 Å². The first kappa shape index (κ1) is 12.8. The normalized spacial score (nSPS) is 10.2. The number of carbonyl (C=O) groups is 2. The highest BCUT2D eigenvalue weighted by Crippen LogP contribution is 2.23. The van der Waals surface area contributed by atoms with Crippen LogP contribution in [0.25, 0.3) is 11.1 Å². The zero-order chi connectivity index (χ0) is 14.0. The van der Waals surface area contributed by atoms with Gasteiger partial charge in [0.15, 0.2) is 0 Å². The monoisotopic (exact) mass is 260 g/mol. The predicted octanol–water partition coefficient (Wildman–Crippen LogP) is 2.89. The topological polar surface area (TPSA) is 74.6 Å². The number of benzene rings is 2. The molecule has 2 N–H and O–H groups in total. The van der Waals surface area contributed by atoms with E-state index in [2.05, 4.69) is 0 Å². The fourth-order valence-corrected chi connectivity index (χ4v) is 1.68. The molecule has 0 aliphatic carbocycles. The Morgan fingerprint density at radius 3 is 1.68 bits per heavy atom. The second-order valence-corrected chi connectivity index (χ2v) is 3.92. The van der Waals surface area contributed by atoms with Crippen molar-refractivity contribution < 1.29 is 24.2 Å². The van der Waals surface area contributed by atoms with Crippen molar-refractivity contribution in [2.24, 2.45) is 0 Å². The zero-order valence-electron chi connectivity index (χ0n) is 9.63. The van der Waals surface area contributed by atoms with Crippen LogP contribution in [0.3, 0.4) is 0 Å². The van der Waals surface area contributed by atoms with Crippen LogP contribution in [0.1, 0.15) is 20.7 Å². The summed E-state index contributed by atoms with van der Waals surface area (Å²) in [6.07, 6.45) is 0. The van der Waals surface area contributed by atoms with Gasteiger partial charge in [0.2, 0.25) is 0 Å². The van der Waals surface area contributed by atoms with Crippen molar-refractivity contribution in [1.82, 2.24) is 0 Å². The maximum atomic E-state index is 12.8. The Morgan fingerprint density at radius 2 is 1.26 bits per heavy atom. The summed E-state index contributed by atoms with van der Waals surface area (Å²) >= 11 is 0. The Hall–Kier alpha value is -2.69. The molecule has 0 radical (unpaired) electrons. The zero-order valence-corrected chi connectivity index (χ0v) is 9.63. The van der Waals surface area contributed by atoms with E-state index in [9.17, 15) is 14.0 Å². The summed E-state index contributed by atoms with van der Waals surface area (Å²) < 4.78 is 12.8. The molecular weight excluding hydrogens is 251 g/mol. The van der Waals surface area contributed by atoms with Gasteiger partial charge in [-0.1, -0.05) is 12.1 Å². The van der Waals surface area contributed by atoms with Gasteiger partial charge in [0.1, 0.15) is 5.82 Å². The summed E-state index contributed by atoms with van der Waals surface area (Å²) in [4.78, 5) is 21.9. The van der Waals surface area contributed by atoms with E-state index in [0.29, 0.717) is 11.1 Å². The van der Waals surface area contributed by atoms with Crippen molar-refractivity contribution in [2.75, 3.05) is 0 Å². The average Bonchev–Trinajstić information content (AvgIpc) is 2.39. The van der Waals surface area contributed by atoms with Gasteiger partial charge in [0.25, 0.3) is 0 Å². The quantitative estimate of drug-likeness (QED) is 0.889. The molecule has 2 aromatic carbocycles. The number of carboxylic acids is 2. The molecule has 0 atom stereocenters. The largest absolute Gasteiger partial charge is 0.478 e. The number of hydrogen-bond acceptors (Lipinski definition) is 2. The molecule has 0 spiro atoms. The summed E-state index contributed by atoms with van der Waals surface area (Å²) in [6.45, 7) is 0. The minimum Gasteiger partial charge on any atom is -0.478 e. The van der Waals surface area contributed by atoms with Crippen LogP contribution in [-0.2, 0) is 0 Å². The molecule has 0 saturated carbocycles. The summed E-state index contributed by atoms with van der Waals surface area (Å²) in [6, 6.07) is 9.15. The third-order valence-corrected chi connectivity index (χ3v) is 2.60. The molecule has 0 saturated heterocycles. The van der Waals surface area contributed by atoms with Crippen LogP contribution >= 0.6 is 0 Å². The van der Waals surface area contributed by atoms with Gasteiger partial charge in [0.05, 0.1) is 11.1 Å². The molecule has 0 heterocycles. The van der Waals surface area contributed by atoms with Gasteiger partial charge >= 0.3 is 11.9 Å². The lowest BCUT2D eigenvalue weighted by Crippen LogP contribution is -2.03. The smallest absolute Gasteiger partial charge is 0.335 e. The molecule has 2 rings (SSSR count). The highest BCUT2D eigenvalue weighted by Gasteiger charge is 2.12. The number of hydrogen-bond donors (Lipinski definition) is 2. The van der Waals surface area contributed by atoms with Crippen LogP contribution in [-0.4, -0.2) is 22.2 Å². The van der Waals surface area contributed by atoms with E-state index in [4.69, 9.17) is 10.2 Å². The Balaban J connectivity index is 2.59. The lowest BCUT2D eigenvalue weighted by Gasteiger charge is -2.05. The molecule has 4 nitrogen and oxygen atoms in total. The number of aromatic carboxylic acids is 2. The Labute approximate surface area is 107 Å². The number of carboxylic acid groups (broad SMARTS) is 2. The van der Waals surface area contributed by atoms with Gasteiger partial charge < -0.3 is 10.2 Å². The number of halogens is 1. The second kappa shape index (κ2) is 4.89. The predicted molar refractivity (Wildman–Crippen MR) is 65.8 cm³/mol. The fraction of sp³-hybridized carbons (Fsp3) is 0. The maximum absolute atomic E-state index is 12.8. The molecule has 0 unspecified atom stereocenters. The molecule has 0 aliphatic heterocycles. The van der Waals surface area contributed by atoms with Crippen molar-refractivity contribution >= 4 is 11.9 Å². The lowest BCUT2D eigenvalue weighted by atomic mass is 10.00. The summed E-state index contributed by atoms with van der Waals surface area (Å²) in [5, 5.41) is 17.9. The lowest BCUT2D eigenvalue weighted by molar-refractivity contribution is 0.0696. The molecule has 19 heavy (non-hydrogen) atoms. The van der Waals surface area contributed by atoms with E-state index in [1.807, 2.05) is 0 Å². The Morgan fingerprint density at radius 1 is 0.789 bits per heavy atom. The standard InChI is InChI=1S/C14H9FO4/c15-12-3-1-8(2-4-12)9-5-10(13(16)17)7-11(6-9)14(18)19/h1-7H,(H,16,17)(H,18,19). The minimum atomic E-state index is -1.22. The van der Waals surface area contributed by atoms with Gasteiger partial charge in [-0.05, 0) is 41.5 Å². The third kappa shape index (κ3) is 2.77. The molecule has 0 aromatic heterocycles. The van der Waals surface area contributed by atoms with Crippen LogP contribution < -0.4 is 0 Å². The van der Waals surface area contributed by atoms with E-state index < -0.39 is 17.8 Å². The van der Waals surface area contributed by atoms with Gasteiger partial charge in [0, 0.05) is 0 Å². The van der Waals surface area contributed by atoms with Gasteiger partial charge in [-0.2, -0.15) is 0 Å². The highest BCUT2D eigenvalue weighted by atomic mass is 19.1. The van der Waals surface area contributed by atoms with Crippen LogP contribution in [0.15, 0.2) is 42.5 Å². The average molecular weight is 260 g/mol. The molecular formula is C14H9FO4. The van der Waals surface area contributed by atoms with Crippen molar-refractivity contribution in [2.45, 2.75) is 0 Å². The fourth-order valence-electron chi connectivity index (χ4n) is 1.68. The van der Waals surface area contributed by atoms with Crippen LogP contribution in [0.5, 0.6) is 0 Å². The minimum absolute atomic E-state index is 0.126. The summed E-state index contributed by atoms with van der Waals surface area (Å²) in [5.41, 5.74) is 0.711. The SMILES string of the molecule is O=C(O)c1cc(C(=O)O)cc(-c2ccc(F)cc2)c1. The molecule has 2 aromatic rings. The molecule has 0 bridgehead atoms. The molecule has 0 amide bonds. The molecule has 96 valence electrons. The van der Waals surface area contributed by atoms with Crippen molar-refractivity contribution in [1.29, 1.82) is 0 Å². The van der Waals surface area contributed by atoms with E-state index in [-0.39, 0.29) is 11.1 Å². The van der Waals surface area contributed by atoms with E-state index in [0.717, 1.165) is 6.07 Å². The molecule has 0 fully saturated rings. The summed E-state index contributed by atoms with van der Waals surface area (Å²) in [5.74, 6) is -2.85. The van der Waals surface area contributed by atoms with E-state index in [1.54, 1.807) is 0 Å². The van der Waals surface area contributed by atoms with Crippen molar-refractivity contribution in [3.63, 3.8) is 0 Å². The summed E-state index contributed by atoms with van der Waals surface area (Å²) in [7, 11) is 0. The van der Waals surface area contributed by atoms with Crippen LogP contribution in [0.2, 0.25) is 0 Å². The van der Waals surface area contributed by atoms with Gasteiger partial charge in [-0.15, -0.1) is 0 Å². The third-order valence-electron chi connectivity index (χ3n) is 2.60. The first-order chi connectivity index (χ1) is 8.97. The first-order valence-corrected chi connectivity index (χ1v) is 5.35. The Bertz CT molecular complexity index is 615. The first-order valence-electron chi connectivity index (χ1n) is 5.35. The van der Waals surface area contributed by atoms with Crippen molar-refractivity contribution in [3.8, 4) is 11.1 Å². The molecule has 5 heteroatoms. The number of rotatable bonds is 3. The van der Waals surface area contributed by atoms with Crippen LogP contribution in [0.4, 0.5) is 4.39 Å². The molecule has 0 aliphatic rings. The van der Waals surface area contributed by atoms with Gasteiger partial charge in [-0.25, -0.2) is 14.0 Å². The van der Waals surface area contributed by atoms with E-state index in [1.165, 1.54) is 36.4 Å². The van der Waals surface area contributed by atoms with E-state index >= 15 is 0 Å². The highest BCUT2D eigenvalue weighted by molar-refractivity contribution is 5.96. The Kier molecular flexibility index (Phi) is 3.29. The van der Waals surface area contributed by atoms with Crippen molar-refractivity contribution in [3.05, 3.63) is 59.4 Å². The maximum Gasteiger partial charge on any atom is 0.335 e. The second-order valence-electron chi connectivity index (χ2n) is 3.92. The van der Waals surface area contributed by atoms with Gasteiger partial charge in [-0.3, -0.25) is 0 Å².